The van der Waals surface area contributed by atoms with E-state index in [1.54, 1.807) is 6.26 Å². The highest BCUT2D eigenvalue weighted by molar-refractivity contribution is 5.36. The van der Waals surface area contributed by atoms with Crippen molar-refractivity contribution in [1.29, 1.82) is 0 Å². The van der Waals surface area contributed by atoms with Gasteiger partial charge in [-0.1, -0.05) is 24.6 Å². The molecule has 1 rings (SSSR count). The molecule has 0 amide bonds. The average Bonchev–Trinajstić information content (AvgIpc) is 2.09. The maximum absolute atomic E-state index is 5.45. The predicted octanol–water partition coefficient (Wildman–Crippen LogP) is 3.61. The minimum absolute atomic E-state index is 0.940. The van der Waals surface area contributed by atoms with Gasteiger partial charge in [-0.15, -0.1) is 0 Å². The van der Waals surface area contributed by atoms with Gasteiger partial charge in [-0.3, -0.25) is 0 Å². The number of allylic oxidation sites excluding steroid dienone is 1. The lowest BCUT2D eigenvalue weighted by Crippen LogP contribution is -1.86. The Kier molecular flexibility index (Phi) is 3.56. The zero-order valence-electron chi connectivity index (χ0n) is 8.50. The molecule has 0 fully saturated rings. The van der Waals surface area contributed by atoms with E-state index in [2.05, 4.69) is 32.9 Å². The quantitative estimate of drug-likeness (QED) is 0.639. The van der Waals surface area contributed by atoms with Crippen LogP contribution in [0.2, 0.25) is 0 Å². The van der Waals surface area contributed by atoms with Gasteiger partial charge >= 0.3 is 0 Å². The lowest BCUT2D eigenvalue weighted by atomic mass is 10.1. The molecule has 70 valence electrons. The Labute approximate surface area is 80.0 Å². The summed E-state index contributed by atoms with van der Waals surface area (Å²) in [5.74, 6) is 0.940. The van der Waals surface area contributed by atoms with Crippen molar-refractivity contribution in [3.63, 3.8) is 0 Å². The molecule has 1 heteroatoms. The van der Waals surface area contributed by atoms with Crippen molar-refractivity contribution in [3.8, 4) is 5.75 Å². The SMILES string of the molecule is CC/C=C/Oc1ccc(C)cc1C. The van der Waals surface area contributed by atoms with Crippen molar-refractivity contribution < 1.29 is 4.74 Å². The van der Waals surface area contributed by atoms with Crippen LogP contribution in [0, 0.1) is 13.8 Å². The van der Waals surface area contributed by atoms with Crippen LogP contribution in [-0.4, -0.2) is 0 Å². The first-order chi connectivity index (χ1) is 6.24. The minimum atomic E-state index is 0.940. The van der Waals surface area contributed by atoms with Gasteiger partial charge in [-0.2, -0.15) is 0 Å². The Morgan fingerprint density at radius 2 is 2.08 bits per heavy atom. The Balaban J connectivity index is 2.72. The van der Waals surface area contributed by atoms with E-state index in [4.69, 9.17) is 4.74 Å². The summed E-state index contributed by atoms with van der Waals surface area (Å²) in [5.41, 5.74) is 2.45. The molecular formula is C12H16O. The maximum Gasteiger partial charge on any atom is 0.129 e. The summed E-state index contributed by atoms with van der Waals surface area (Å²) in [7, 11) is 0. The fourth-order valence-electron chi connectivity index (χ4n) is 1.15. The molecule has 0 heterocycles. The average molecular weight is 176 g/mol. The van der Waals surface area contributed by atoms with Gasteiger partial charge in [0.1, 0.15) is 5.75 Å². The second kappa shape index (κ2) is 4.70. The molecule has 0 aliphatic carbocycles. The Morgan fingerprint density at radius 1 is 1.31 bits per heavy atom. The summed E-state index contributed by atoms with van der Waals surface area (Å²) in [6.45, 7) is 6.22. The molecule has 1 nitrogen and oxygen atoms in total. The van der Waals surface area contributed by atoms with Gasteiger partial charge in [0.15, 0.2) is 0 Å². The Morgan fingerprint density at radius 3 is 2.69 bits per heavy atom. The molecular weight excluding hydrogens is 160 g/mol. The summed E-state index contributed by atoms with van der Waals surface area (Å²) in [5, 5.41) is 0. The van der Waals surface area contributed by atoms with Crippen molar-refractivity contribution >= 4 is 0 Å². The molecule has 1 aromatic carbocycles. The Bertz CT molecular complexity index is 300. The van der Waals surface area contributed by atoms with E-state index in [0.29, 0.717) is 0 Å². The molecule has 0 radical (unpaired) electrons. The van der Waals surface area contributed by atoms with Gasteiger partial charge in [-0.25, -0.2) is 0 Å². The van der Waals surface area contributed by atoms with Crippen LogP contribution in [0.15, 0.2) is 30.5 Å². The smallest absolute Gasteiger partial charge is 0.129 e. The topological polar surface area (TPSA) is 9.23 Å². The standard InChI is InChI=1S/C12H16O/c1-4-5-8-13-12-7-6-10(2)9-11(12)3/h5-9H,4H2,1-3H3/b8-5+. The number of aryl methyl sites for hydroxylation is 2. The van der Waals surface area contributed by atoms with Gasteiger partial charge in [0, 0.05) is 0 Å². The molecule has 0 saturated heterocycles. The van der Waals surface area contributed by atoms with Crippen molar-refractivity contribution in [3.05, 3.63) is 41.7 Å². The van der Waals surface area contributed by atoms with Crippen LogP contribution in [0.4, 0.5) is 0 Å². The second-order valence-corrected chi connectivity index (χ2v) is 3.17. The van der Waals surface area contributed by atoms with Crippen LogP contribution in [0.5, 0.6) is 5.75 Å². The van der Waals surface area contributed by atoms with Gasteiger partial charge in [0.25, 0.3) is 0 Å². The predicted molar refractivity (Wildman–Crippen MR) is 56.0 cm³/mol. The molecule has 0 spiro atoms. The number of rotatable bonds is 3. The van der Waals surface area contributed by atoms with Gasteiger partial charge in [-0.05, 0) is 38.0 Å². The van der Waals surface area contributed by atoms with Crippen LogP contribution in [-0.2, 0) is 0 Å². The lowest BCUT2D eigenvalue weighted by molar-refractivity contribution is 0.475. The lowest BCUT2D eigenvalue weighted by Gasteiger charge is -2.04. The number of hydrogen-bond donors (Lipinski definition) is 0. The molecule has 0 unspecified atom stereocenters. The first kappa shape index (κ1) is 9.85. The Hall–Kier alpha value is -1.24. The maximum atomic E-state index is 5.45. The summed E-state index contributed by atoms with van der Waals surface area (Å²) < 4.78 is 5.45. The van der Waals surface area contributed by atoms with Crippen LogP contribution in [0.25, 0.3) is 0 Å². The fourth-order valence-corrected chi connectivity index (χ4v) is 1.15. The number of hydrogen-bond acceptors (Lipinski definition) is 1. The molecule has 1 aromatic rings. The summed E-state index contributed by atoms with van der Waals surface area (Å²) in [6.07, 6.45) is 4.75. The van der Waals surface area contributed by atoms with Crippen molar-refractivity contribution in [2.24, 2.45) is 0 Å². The third kappa shape index (κ3) is 2.94. The number of ether oxygens (including phenoxy) is 1. The van der Waals surface area contributed by atoms with E-state index in [-0.39, 0.29) is 0 Å². The van der Waals surface area contributed by atoms with E-state index in [9.17, 15) is 0 Å². The first-order valence-electron chi connectivity index (χ1n) is 4.63. The minimum Gasteiger partial charge on any atom is -0.465 e. The van der Waals surface area contributed by atoms with Gasteiger partial charge < -0.3 is 4.74 Å². The van der Waals surface area contributed by atoms with E-state index < -0.39 is 0 Å². The zero-order chi connectivity index (χ0) is 9.68. The number of benzene rings is 1. The highest BCUT2D eigenvalue weighted by atomic mass is 16.5. The van der Waals surface area contributed by atoms with Gasteiger partial charge in [0.05, 0.1) is 6.26 Å². The molecule has 0 bridgehead atoms. The molecule has 0 aliphatic rings. The van der Waals surface area contributed by atoms with Crippen molar-refractivity contribution in [1.82, 2.24) is 0 Å². The van der Waals surface area contributed by atoms with Crippen LogP contribution < -0.4 is 4.74 Å². The second-order valence-electron chi connectivity index (χ2n) is 3.17. The van der Waals surface area contributed by atoms with Crippen molar-refractivity contribution in [2.75, 3.05) is 0 Å². The van der Waals surface area contributed by atoms with Crippen LogP contribution >= 0.6 is 0 Å². The van der Waals surface area contributed by atoms with Gasteiger partial charge in [0.2, 0.25) is 0 Å². The van der Waals surface area contributed by atoms with E-state index in [1.807, 2.05) is 12.1 Å². The molecule has 13 heavy (non-hydrogen) atoms. The van der Waals surface area contributed by atoms with Crippen LogP contribution in [0.3, 0.4) is 0 Å². The van der Waals surface area contributed by atoms with Crippen molar-refractivity contribution in [2.45, 2.75) is 27.2 Å². The van der Waals surface area contributed by atoms with E-state index in [1.165, 1.54) is 11.1 Å². The molecule has 0 aromatic heterocycles. The first-order valence-corrected chi connectivity index (χ1v) is 4.63. The van der Waals surface area contributed by atoms with Crippen LogP contribution in [0.1, 0.15) is 24.5 Å². The molecule has 0 saturated carbocycles. The molecule has 0 N–H and O–H groups in total. The molecule has 0 atom stereocenters. The monoisotopic (exact) mass is 176 g/mol. The van der Waals surface area contributed by atoms with E-state index in [0.717, 1.165) is 12.2 Å². The third-order valence-corrected chi connectivity index (χ3v) is 1.86. The largest absolute Gasteiger partial charge is 0.465 e. The zero-order valence-corrected chi connectivity index (χ0v) is 8.50. The highest BCUT2D eigenvalue weighted by Crippen LogP contribution is 2.18. The summed E-state index contributed by atoms with van der Waals surface area (Å²) in [6, 6.07) is 6.18. The normalized spacial score (nSPS) is 10.7. The summed E-state index contributed by atoms with van der Waals surface area (Å²) >= 11 is 0. The highest BCUT2D eigenvalue weighted by Gasteiger charge is 1.96. The summed E-state index contributed by atoms with van der Waals surface area (Å²) in [4.78, 5) is 0. The third-order valence-electron chi connectivity index (χ3n) is 1.86. The molecule has 0 aliphatic heterocycles. The fraction of sp³-hybridized carbons (Fsp3) is 0.333. The van der Waals surface area contributed by atoms with E-state index >= 15 is 0 Å².